The van der Waals surface area contributed by atoms with E-state index in [0.717, 1.165) is 12.1 Å². The summed E-state index contributed by atoms with van der Waals surface area (Å²) in [7, 11) is 0. The summed E-state index contributed by atoms with van der Waals surface area (Å²) in [4.78, 5) is 12.6. The number of hydrogen-bond donors (Lipinski definition) is 1. The van der Waals surface area contributed by atoms with Crippen LogP contribution in [-0.4, -0.2) is 40.5 Å². The average Bonchev–Trinajstić information content (AvgIpc) is 2.29. The molecule has 1 N–H and O–H groups in total. The van der Waals surface area contributed by atoms with Gasteiger partial charge in [-0.15, -0.1) is 0 Å². The minimum Gasteiger partial charge on any atom is -0.506 e. The summed E-state index contributed by atoms with van der Waals surface area (Å²) < 4.78 is 37.1. The number of halogens is 5. The average molecular weight is 361 g/mol. The van der Waals surface area contributed by atoms with Crippen LogP contribution in [0.5, 0.6) is 5.75 Å². The van der Waals surface area contributed by atoms with E-state index in [1.165, 1.54) is 6.07 Å². The van der Waals surface area contributed by atoms with Crippen LogP contribution < -0.4 is 0 Å². The second kappa shape index (κ2) is 6.47. The van der Waals surface area contributed by atoms with E-state index in [-0.39, 0.29) is 28.2 Å². The van der Waals surface area contributed by atoms with Crippen LogP contribution in [0.4, 0.5) is 13.2 Å². The summed E-state index contributed by atoms with van der Waals surface area (Å²) in [6.07, 6.45) is -4.47. The molecular formula is C11H10BrClF3NO2. The molecule has 0 atom stereocenters. The normalized spacial score (nSPS) is 11.4. The van der Waals surface area contributed by atoms with Crippen molar-refractivity contribution in [1.29, 1.82) is 0 Å². The van der Waals surface area contributed by atoms with Crippen molar-refractivity contribution in [2.45, 2.75) is 6.18 Å². The standard InChI is InChI=1S/C11H10BrClF3NO2/c12-3-4-17(6-11(14,15)16)10(19)7-1-2-9(18)8(13)5-7/h1-2,5,18H,3-4,6H2. The van der Waals surface area contributed by atoms with E-state index in [2.05, 4.69) is 15.9 Å². The molecule has 3 nitrogen and oxygen atoms in total. The van der Waals surface area contributed by atoms with Crippen molar-refractivity contribution in [3.8, 4) is 5.75 Å². The molecule has 0 unspecified atom stereocenters. The molecule has 8 heteroatoms. The van der Waals surface area contributed by atoms with Gasteiger partial charge in [-0.2, -0.15) is 13.2 Å². The van der Waals surface area contributed by atoms with Gasteiger partial charge in [-0.25, -0.2) is 0 Å². The fraction of sp³-hybridized carbons (Fsp3) is 0.364. The zero-order valence-electron chi connectivity index (χ0n) is 9.55. The van der Waals surface area contributed by atoms with Gasteiger partial charge in [-0.1, -0.05) is 27.5 Å². The Hall–Kier alpha value is -0.950. The molecule has 0 heterocycles. The Bertz CT molecular complexity index is 468. The molecule has 0 aliphatic carbocycles. The van der Waals surface area contributed by atoms with Crippen molar-refractivity contribution >= 4 is 33.4 Å². The number of aromatic hydroxyl groups is 1. The summed E-state index contributed by atoms with van der Waals surface area (Å²) in [5.41, 5.74) is -0.00648. The maximum absolute atomic E-state index is 12.4. The lowest BCUT2D eigenvalue weighted by molar-refractivity contribution is -0.140. The number of phenols is 1. The molecule has 0 aliphatic rings. The zero-order valence-corrected chi connectivity index (χ0v) is 11.9. The Labute approximate surface area is 121 Å². The molecule has 0 saturated carbocycles. The van der Waals surface area contributed by atoms with E-state index in [0.29, 0.717) is 4.90 Å². The van der Waals surface area contributed by atoms with Crippen molar-refractivity contribution in [3.05, 3.63) is 28.8 Å². The summed E-state index contributed by atoms with van der Waals surface area (Å²) >= 11 is 8.62. The molecule has 1 aromatic carbocycles. The van der Waals surface area contributed by atoms with Gasteiger partial charge in [0.2, 0.25) is 0 Å². The topological polar surface area (TPSA) is 40.5 Å². The van der Waals surface area contributed by atoms with Gasteiger partial charge in [-0.3, -0.25) is 4.79 Å². The van der Waals surface area contributed by atoms with Gasteiger partial charge >= 0.3 is 6.18 Å². The lowest BCUT2D eigenvalue weighted by Crippen LogP contribution is -2.40. The highest BCUT2D eigenvalue weighted by molar-refractivity contribution is 9.09. The molecule has 1 amide bonds. The van der Waals surface area contributed by atoms with Crippen LogP contribution in [0.3, 0.4) is 0 Å². The SMILES string of the molecule is O=C(c1ccc(O)c(Cl)c1)N(CCBr)CC(F)(F)F. The lowest BCUT2D eigenvalue weighted by atomic mass is 10.2. The highest BCUT2D eigenvalue weighted by atomic mass is 79.9. The number of alkyl halides is 4. The fourth-order valence-corrected chi connectivity index (χ4v) is 2.00. The third-order valence-corrected chi connectivity index (χ3v) is 2.86. The Balaban J connectivity index is 2.95. The number of rotatable bonds is 4. The first-order chi connectivity index (χ1) is 8.74. The molecule has 0 bridgehead atoms. The van der Waals surface area contributed by atoms with Crippen LogP contribution in [0.2, 0.25) is 5.02 Å². The maximum atomic E-state index is 12.4. The predicted octanol–water partition coefficient (Wildman–Crippen LogP) is 3.45. The first-order valence-electron chi connectivity index (χ1n) is 5.15. The van der Waals surface area contributed by atoms with Crippen LogP contribution >= 0.6 is 27.5 Å². The van der Waals surface area contributed by atoms with Crippen molar-refractivity contribution in [3.63, 3.8) is 0 Å². The first-order valence-corrected chi connectivity index (χ1v) is 6.65. The van der Waals surface area contributed by atoms with Crippen LogP contribution in [0.1, 0.15) is 10.4 Å². The first kappa shape index (κ1) is 16.1. The van der Waals surface area contributed by atoms with Crippen LogP contribution in [0.15, 0.2) is 18.2 Å². The number of carbonyl (C=O) groups is 1. The third-order valence-electron chi connectivity index (χ3n) is 2.21. The summed E-state index contributed by atoms with van der Waals surface area (Å²) in [6.45, 7) is -1.42. The van der Waals surface area contributed by atoms with E-state index in [9.17, 15) is 23.1 Å². The number of benzene rings is 1. The van der Waals surface area contributed by atoms with Crippen LogP contribution in [0.25, 0.3) is 0 Å². The second-order valence-corrected chi connectivity index (χ2v) is 4.90. The zero-order chi connectivity index (χ0) is 14.6. The number of carbonyl (C=O) groups excluding carboxylic acids is 1. The summed E-state index contributed by atoms with van der Waals surface area (Å²) in [5.74, 6) is -1.03. The molecule has 0 spiro atoms. The van der Waals surface area contributed by atoms with E-state index < -0.39 is 18.6 Å². The highest BCUT2D eigenvalue weighted by Gasteiger charge is 2.33. The van der Waals surface area contributed by atoms with Gasteiger partial charge in [0.1, 0.15) is 12.3 Å². The summed E-state index contributed by atoms with van der Waals surface area (Å²) in [6, 6.07) is 3.52. The van der Waals surface area contributed by atoms with Gasteiger partial charge in [0.25, 0.3) is 5.91 Å². The highest BCUT2D eigenvalue weighted by Crippen LogP contribution is 2.25. The van der Waals surface area contributed by atoms with Crippen LogP contribution in [0, 0.1) is 0 Å². The molecule has 1 aromatic rings. The Kier molecular flexibility index (Phi) is 5.49. The smallest absolute Gasteiger partial charge is 0.406 e. The van der Waals surface area contributed by atoms with E-state index >= 15 is 0 Å². The van der Waals surface area contributed by atoms with Crippen LogP contribution in [-0.2, 0) is 0 Å². The van der Waals surface area contributed by atoms with E-state index in [4.69, 9.17) is 11.6 Å². The Morgan fingerprint density at radius 2 is 2.05 bits per heavy atom. The van der Waals surface area contributed by atoms with E-state index in [1.54, 1.807) is 0 Å². The Morgan fingerprint density at radius 3 is 2.53 bits per heavy atom. The van der Waals surface area contributed by atoms with Crippen molar-refractivity contribution in [1.82, 2.24) is 4.90 Å². The predicted molar refractivity (Wildman–Crippen MR) is 68.9 cm³/mol. The largest absolute Gasteiger partial charge is 0.506 e. The number of amides is 1. The van der Waals surface area contributed by atoms with Gasteiger partial charge in [0.15, 0.2) is 0 Å². The molecule has 0 aromatic heterocycles. The number of hydrogen-bond acceptors (Lipinski definition) is 2. The van der Waals surface area contributed by atoms with Gasteiger partial charge in [0, 0.05) is 17.4 Å². The number of nitrogens with zero attached hydrogens (tertiary/aromatic N) is 1. The molecule has 0 fully saturated rings. The minimum atomic E-state index is -4.47. The Morgan fingerprint density at radius 1 is 1.42 bits per heavy atom. The monoisotopic (exact) mass is 359 g/mol. The lowest BCUT2D eigenvalue weighted by Gasteiger charge is -2.23. The minimum absolute atomic E-state index is 0.00648. The van der Waals surface area contributed by atoms with Gasteiger partial charge < -0.3 is 10.0 Å². The third kappa shape index (κ3) is 4.91. The van der Waals surface area contributed by atoms with E-state index in [1.807, 2.05) is 0 Å². The molecule has 0 radical (unpaired) electrons. The molecule has 0 aliphatic heterocycles. The number of phenolic OH excluding ortho intramolecular Hbond substituents is 1. The van der Waals surface area contributed by atoms with Crippen molar-refractivity contribution < 1.29 is 23.1 Å². The van der Waals surface area contributed by atoms with Crippen molar-refractivity contribution in [2.75, 3.05) is 18.4 Å². The molecular weight excluding hydrogens is 350 g/mol. The van der Waals surface area contributed by atoms with Gasteiger partial charge in [0.05, 0.1) is 5.02 Å². The second-order valence-electron chi connectivity index (χ2n) is 3.70. The van der Waals surface area contributed by atoms with Crippen molar-refractivity contribution in [2.24, 2.45) is 0 Å². The fourth-order valence-electron chi connectivity index (χ4n) is 1.39. The maximum Gasteiger partial charge on any atom is 0.406 e. The molecule has 106 valence electrons. The summed E-state index contributed by atoms with van der Waals surface area (Å²) in [5, 5.41) is 9.35. The molecule has 1 rings (SSSR count). The van der Waals surface area contributed by atoms with Gasteiger partial charge in [-0.05, 0) is 18.2 Å². The molecule has 19 heavy (non-hydrogen) atoms. The molecule has 0 saturated heterocycles. The quantitative estimate of drug-likeness (QED) is 0.836.